The number of sulfonamides is 1. The van der Waals surface area contributed by atoms with Crippen LogP contribution in [0.3, 0.4) is 0 Å². The molecule has 0 bridgehead atoms. The number of anilines is 1. The Hall–Kier alpha value is -2.39. The summed E-state index contributed by atoms with van der Waals surface area (Å²) in [6, 6.07) is 12.5. The highest BCUT2D eigenvalue weighted by Gasteiger charge is 2.24. The zero-order valence-corrected chi connectivity index (χ0v) is 17.5. The SMILES string of the molecule is COc1ccc(C)cc1N(CC(=O)N/N=C\c1cccc(Br)c1)S(C)(=O)=O. The summed E-state index contributed by atoms with van der Waals surface area (Å²) in [7, 11) is -2.27. The average molecular weight is 454 g/mol. The van der Waals surface area contributed by atoms with E-state index in [1.54, 1.807) is 18.2 Å². The number of nitrogens with one attached hydrogen (secondary N) is 1. The van der Waals surface area contributed by atoms with Gasteiger partial charge in [-0.15, -0.1) is 0 Å². The highest BCUT2D eigenvalue weighted by Crippen LogP contribution is 2.30. The van der Waals surface area contributed by atoms with E-state index in [-0.39, 0.29) is 0 Å². The zero-order valence-electron chi connectivity index (χ0n) is 15.1. The van der Waals surface area contributed by atoms with Gasteiger partial charge in [0.25, 0.3) is 5.91 Å². The molecule has 0 unspecified atom stereocenters. The monoisotopic (exact) mass is 453 g/mol. The number of methoxy groups -OCH3 is 1. The molecule has 0 aromatic heterocycles. The van der Waals surface area contributed by atoms with Crippen molar-refractivity contribution in [2.45, 2.75) is 6.92 Å². The van der Waals surface area contributed by atoms with Gasteiger partial charge in [0.05, 0.1) is 25.3 Å². The lowest BCUT2D eigenvalue weighted by atomic mass is 10.2. The van der Waals surface area contributed by atoms with Crippen LogP contribution in [-0.4, -0.2) is 40.4 Å². The van der Waals surface area contributed by atoms with Gasteiger partial charge in [-0.05, 0) is 42.3 Å². The molecule has 0 aliphatic heterocycles. The summed E-state index contributed by atoms with van der Waals surface area (Å²) in [5.41, 5.74) is 4.26. The maximum absolute atomic E-state index is 12.2. The Labute approximate surface area is 167 Å². The molecule has 0 spiro atoms. The summed E-state index contributed by atoms with van der Waals surface area (Å²) in [4.78, 5) is 12.2. The van der Waals surface area contributed by atoms with Gasteiger partial charge in [0.2, 0.25) is 10.0 Å². The van der Waals surface area contributed by atoms with E-state index in [1.807, 2.05) is 31.2 Å². The normalized spacial score (nSPS) is 11.4. The quantitative estimate of drug-likeness (QED) is 0.515. The third kappa shape index (κ3) is 6.07. The van der Waals surface area contributed by atoms with E-state index in [0.717, 1.165) is 26.2 Å². The number of amides is 1. The lowest BCUT2D eigenvalue weighted by molar-refractivity contribution is -0.119. The number of hydrogen-bond acceptors (Lipinski definition) is 5. The maximum atomic E-state index is 12.2. The van der Waals surface area contributed by atoms with Crippen LogP contribution in [0.1, 0.15) is 11.1 Å². The van der Waals surface area contributed by atoms with E-state index >= 15 is 0 Å². The smallest absolute Gasteiger partial charge is 0.260 e. The molecule has 0 saturated carbocycles. The maximum Gasteiger partial charge on any atom is 0.260 e. The number of hydrazone groups is 1. The van der Waals surface area contributed by atoms with Crippen molar-refractivity contribution in [3.05, 3.63) is 58.1 Å². The second-order valence-corrected chi connectivity index (χ2v) is 8.62. The molecule has 144 valence electrons. The summed E-state index contributed by atoms with van der Waals surface area (Å²) in [5.74, 6) is -0.216. The minimum absolute atomic E-state index is 0.297. The van der Waals surface area contributed by atoms with E-state index in [1.165, 1.54) is 13.3 Å². The summed E-state index contributed by atoms with van der Waals surface area (Å²) >= 11 is 3.35. The van der Waals surface area contributed by atoms with Gasteiger partial charge in [-0.3, -0.25) is 9.10 Å². The molecule has 2 aromatic carbocycles. The molecule has 1 N–H and O–H groups in total. The molecule has 2 aromatic rings. The second-order valence-electron chi connectivity index (χ2n) is 5.79. The number of carbonyl (C=O) groups excluding carboxylic acids is 1. The van der Waals surface area contributed by atoms with Crippen LogP contribution >= 0.6 is 15.9 Å². The summed E-state index contributed by atoms with van der Waals surface area (Å²) in [5, 5.41) is 3.87. The number of benzene rings is 2. The van der Waals surface area contributed by atoms with Gasteiger partial charge in [-0.25, -0.2) is 13.8 Å². The van der Waals surface area contributed by atoms with E-state index < -0.39 is 22.5 Å². The Morgan fingerprint density at radius 1 is 1.30 bits per heavy atom. The lowest BCUT2D eigenvalue weighted by Gasteiger charge is -2.23. The van der Waals surface area contributed by atoms with Gasteiger partial charge in [0.1, 0.15) is 12.3 Å². The Morgan fingerprint density at radius 3 is 2.67 bits per heavy atom. The summed E-state index contributed by atoms with van der Waals surface area (Å²) < 4.78 is 31.6. The van der Waals surface area contributed by atoms with Gasteiger partial charge in [0, 0.05) is 4.47 Å². The Kier molecular flexibility index (Phi) is 6.98. The fourth-order valence-corrected chi connectivity index (χ4v) is 3.58. The van der Waals surface area contributed by atoms with Crippen molar-refractivity contribution in [2.75, 3.05) is 24.2 Å². The predicted octanol–water partition coefficient (Wildman–Crippen LogP) is 2.68. The van der Waals surface area contributed by atoms with Crippen LogP contribution in [0, 0.1) is 6.92 Å². The van der Waals surface area contributed by atoms with Crippen LogP contribution in [0.5, 0.6) is 5.75 Å². The summed E-state index contributed by atoms with van der Waals surface area (Å²) in [6.07, 6.45) is 2.51. The lowest BCUT2D eigenvalue weighted by Crippen LogP contribution is -2.39. The molecular weight excluding hydrogens is 434 g/mol. The first-order valence-electron chi connectivity index (χ1n) is 7.90. The van der Waals surface area contributed by atoms with Crippen molar-refractivity contribution in [2.24, 2.45) is 5.10 Å². The minimum atomic E-state index is -3.71. The van der Waals surface area contributed by atoms with Crippen molar-refractivity contribution >= 4 is 43.8 Å². The third-order valence-electron chi connectivity index (χ3n) is 3.54. The zero-order chi connectivity index (χ0) is 20.0. The van der Waals surface area contributed by atoms with Crippen molar-refractivity contribution in [1.82, 2.24) is 5.43 Å². The van der Waals surface area contributed by atoms with Crippen LogP contribution < -0.4 is 14.5 Å². The number of rotatable bonds is 7. The average Bonchev–Trinajstić information content (AvgIpc) is 2.59. The Bertz CT molecular complexity index is 961. The summed E-state index contributed by atoms with van der Waals surface area (Å²) in [6.45, 7) is 1.40. The van der Waals surface area contributed by atoms with Gasteiger partial charge < -0.3 is 4.74 Å². The fourth-order valence-electron chi connectivity index (χ4n) is 2.31. The largest absolute Gasteiger partial charge is 0.495 e. The molecule has 0 aliphatic carbocycles. The van der Waals surface area contributed by atoms with E-state index in [2.05, 4.69) is 26.5 Å². The van der Waals surface area contributed by atoms with Crippen LogP contribution in [0.25, 0.3) is 0 Å². The van der Waals surface area contributed by atoms with Crippen molar-refractivity contribution in [3.63, 3.8) is 0 Å². The van der Waals surface area contributed by atoms with E-state index in [4.69, 9.17) is 4.74 Å². The highest BCUT2D eigenvalue weighted by molar-refractivity contribution is 9.10. The molecule has 1 amide bonds. The number of nitrogens with zero attached hydrogens (tertiary/aromatic N) is 2. The predicted molar refractivity (Wildman–Crippen MR) is 110 cm³/mol. The van der Waals surface area contributed by atoms with Crippen LogP contribution in [-0.2, 0) is 14.8 Å². The molecule has 0 aliphatic rings. The molecule has 0 saturated heterocycles. The molecule has 0 heterocycles. The van der Waals surface area contributed by atoms with Crippen LogP contribution in [0.4, 0.5) is 5.69 Å². The molecule has 0 fully saturated rings. The molecular formula is C18H20BrN3O4S. The standard InChI is InChI=1S/C18H20BrN3O4S/c1-13-7-8-17(26-2)16(9-13)22(27(3,24)25)12-18(23)21-20-11-14-5-4-6-15(19)10-14/h4-11H,12H2,1-3H3,(H,21,23)/b20-11-. The molecule has 27 heavy (non-hydrogen) atoms. The van der Waals surface area contributed by atoms with E-state index in [9.17, 15) is 13.2 Å². The first-order valence-corrected chi connectivity index (χ1v) is 10.5. The molecule has 9 heteroatoms. The van der Waals surface area contributed by atoms with Crippen molar-refractivity contribution in [3.8, 4) is 5.75 Å². The third-order valence-corrected chi connectivity index (χ3v) is 5.16. The van der Waals surface area contributed by atoms with Gasteiger partial charge in [-0.1, -0.05) is 34.1 Å². The number of hydrogen-bond donors (Lipinski definition) is 1. The Balaban J connectivity index is 2.17. The molecule has 0 atom stereocenters. The molecule has 0 radical (unpaired) electrons. The van der Waals surface area contributed by atoms with Crippen LogP contribution in [0.15, 0.2) is 52.0 Å². The number of aryl methyl sites for hydroxylation is 1. The van der Waals surface area contributed by atoms with E-state index in [0.29, 0.717) is 11.4 Å². The van der Waals surface area contributed by atoms with Gasteiger partial charge in [0.15, 0.2) is 0 Å². The van der Waals surface area contributed by atoms with Crippen molar-refractivity contribution in [1.29, 1.82) is 0 Å². The topological polar surface area (TPSA) is 88.1 Å². The Morgan fingerprint density at radius 2 is 2.04 bits per heavy atom. The molecule has 2 rings (SSSR count). The number of halogens is 1. The number of carbonyl (C=O) groups is 1. The number of ether oxygens (including phenoxy) is 1. The second kappa shape index (κ2) is 9.01. The first kappa shape index (κ1) is 20.9. The highest BCUT2D eigenvalue weighted by atomic mass is 79.9. The van der Waals surface area contributed by atoms with Crippen LogP contribution in [0.2, 0.25) is 0 Å². The molecule has 7 nitrogen and oxygen atoms in total. The van der Waals surface area contributed by atoms with Crippen molar-refractivity contribution < 1.29 is 17.9 Å². The first-order chi connectivity index (χ1) is 12.7. The minimum Gasteiger partial charge on any atom is -0.495 e. The van der Waals surface area contributed by atoms with Gasteiger partial charge in [-0.2, -0.15) is 5.10 Å². The van der Waals surface area contributed by atoms with Gasteiger partial charge >= 0.3 is 0 Å². The fraction of sp³-hybridized carbons (Fsp3) is 0.222.